The Morgan fingerprint density at radius 1 is 1.14 bits per heavy atom. The van der Waals surface area contributed by atoms with Crippen LogP contribution in [0.4, 0.5) is 22.8 Å². The van der Waals surface area contributed by atoms with Crippen LogP contribution in [0.3, 0.4) is 0 Å². The molecule has 2 aromatic rings. The quantitative estimate of drug-likeness (QED) is 0.452. The summed E-state index contributed by atoms with van der Waals surface area (Å²) in [4.78, 5) is 55.2. The molecule has 2 aromatic carbocycles. The van der Waals surface area contributed by atoms with Crippen molar-refractivity contribution in [3.05, 3.63) is 69.4 Å². The Labute approximate surface area is 248 Å². The van der Waals surface area contributed by atoms with Gasteiger partial charge in [0.05, 0.1) is 13.1 Å². The van der Waals surface area contributed by atoms with Gasteiger partial charge >= 0.3 is 12.2 Å². The molecule has 3 aliphatic rings. The minimum absolute atomic E-state index is 0.179. The number of likely N-dealkylation sites (tertiary alicyclic amines) is 1. The number of imide groups is 1. The number of amides is 4. The maximum atomic E-state index is 15.5. The summed E-state index contributed by atoms with van der Waals surface area (Å²) < 4.78 is 56.1. The van der Waals surface area contributed by atoms with Crippen molar-refractivity contribution in [2.45, 2.75) is 63.3 Å². The van der Waals surface area contributed by atoms with Crippen LogP contribution in [-0.2, 0) is 37.6 Å². The van der Waals surface area contributed by atoms with E-state index < -0.39 is 72.6 Å². The fourth-order valence-corrected chi connectivity index (χ4v) is 5.97. The van der Waals surface area contributed by atoms with Crippen LogP contribution < -0.4 is 0 Å². The standard InChI is InChI=1S/C29H29BrF3N3O6/c1-27(2,3)41-25(39)34-14-22(29(32,33)16-34)35(13-17-4-7-20(31)8-5-17)23(37)15-36-24(38)28(42-26(36)40)11-10-18-12-19(30)6-9-21(18)28/h4-9,12,22H,10-11,13-16H2,1-3H3. The van der Waals surface area contributed by atoms with Gasteiger partial charge in [0.2, 0.25) is 11.5 Å². The van der Waals surface area contributed by atoms with Gasteiger partial charge < -0.3 is 14.4 Å². The van der Waals surface area contributed by atoms with E-state index in [1.807, 2.05) is 6.07 Å². The van der Waals surface area contributed by atoms with E-state index in [0.29, 0.717) is 22.4 Å². The minimum atomic E-state index is -3.55. The molecule has 2 atom stereocenters. The van der Waals surface area contributed by atoms with Crippen molar-refractivity contribution in [2.75, 3.05) is 19.6 Å². The minimum Gasteiger partial charge on any atom is -0.444 e. The van der Waals surface area contributed by atoms with Crippen LogP contribution in [0.2, 0.25) is 0 Å². The Balaban J connectivity index is 1.41. The Morgan fingerprint density at radius 2 is 1.83 bits per heavy atom. The number of carbonyl (C=O) groups excluding carboxylic acids is 4. The number of rotatable bonds is 5. The molecule has 2 unspecified atom stereocenters. The molecule has 2 heterocycles. The molecule has 0 saturated carbocycles. The Bertz CT molecular complexity index is 1450. The van der Waals surface area contributed by atoms with Crippen LogP contribution in [0.1, 0.15) is 43.9 Å². The van der Waals surface area contributed by atoms with Crippen LogP contribution in [0, 0.1) is 5.82 Å². The highest BCUT2D eigenvalue weighted by atomic mass is 79.9. The lowest BCUT2D eigenvalue weighted by atomic mass is 9.95. The van der Waals surface area contributed by atoms with Crippen molar-refractivity contribution >= 4 is 39.9 Å². The molecule has 2 fully saturated rings. The first-order valence-electron chi connectivity index (χ1n) is 13.3. The lowest BCUT2D eigenvalue weighted by Crippen LogP contribution is -2.53. The number of fused-ring (bicyclic) bond motifs is 2. The lowest BCUT2D eigenvalue weighted by Gasteiger charge is -2.33. The molecule has 0 aromatic heterocycles. The van der Waals surface area contributed by atoms with Gasteiger partial charge in [-0.2, -0.15) is 0 Å². The van der Waals surface area contributed by atoms with E-state index in [4.69, 9.17) is 9.47 Å². The molecule has 0 radical (unpaired) electrons. The highest BCUT2D eigenvalue weighted by Gasteiger charge is 2.59. The third-order valence-corrected chi connectivity index (χ3v) is 8.00. The zero-order valence-electron chi connectivity index (χ0n) is 23.2. The van der Waals surface area contributed by atoms with Crippen molar-refractivity contribution in [3.8, 4) is 0 Å². The topological polar surface area (TPSA) is 96.5 Å². The highest BCUT2D eigenvalue weighted by Crippen LogP contribution is 2.46. The molecule has 1 spiro atoms. The van der Waals surface area contributed by atoms with Gasteiger partial charge in [0.1, 0.15) is 24.0 Å². The molecule has 2 aliphatic heterocycles. The third-order valence-electron chi connectivity index (χ3n) is 7.51. The molecule has 4 amide bonds. The number of ether oxygens (including phenoxy) is 2. The number of carbonyl (C=O) groups is 4. The molecular weight excluding hydrogens is 623 g/mol. The number of nitrogens with zero attached hydrogens (tertiary/aromatic N) is 3. The summed E-state index contributed by atoms with van der Waals surface area (Å²) in [6.45, 7) is 2.00. The predicted molar refractivity (Wildman–Crippen MR) is 146 cm³/mol. The van der Waals surface area contributed by atoms with Crippen LogP contribution in [0.5, 0.6) is 0 Å². The van der Waals surface area contributed by atoms with E-state index >= 15 is 8.78 Å². The summed E-state index contributed by atoms with van der Waals surface area (Å²) in [5, 5.41) is 0. The van der Waals surface area contributed by atoms with Gasteiger partial charge in [-0.15, -0.1) is 0 Å². The first kappa shape index (κ1) is 29.9. The average Bonchev–Trinajstić information content (AvgIpc) is 3.49. The molecule has 0 N–H and O–H groups in total. The summed E-state index contributed by atoms with van der Waals surface area (Å²) >= 11 is 3.38. The summed E-state index contributed by atoms with van der Waals surface area (Å²) in [6.07, 6.45) is -1.38. The van der Waals surface area contributed by atoms with E-state index in [9.17, 15) is 23.6 Å². The van der Waals surface area contributed by atoms with Gasteiger partial charge in [-0.3, -0.25) is 14.5 Å². The molecule has 5 rings (SSSR count). The molecule has 0 bridgehead atoms. The van der Waals surface area contributed by atoms with Gasteiger partial charge in [-0.25, -0.2) is 27.7 Å². The number of halogens is 4. The number of hydrogen-bond donors (Lipinski definition) is 0. The molecule has 224 valence electrons. The van der Waals surface area contributed by atoms with Gasteiger partial charge in [0.15, 0.2) is 0 Å². The Kier molecular flexibility index (Phi) is 7.53. The fraction of sp³-hybridized carbons (Fsp3) is 0.448. The third kappa shape index (κ3) is 5.58. The summed E-state index contributed by atoms with van der Waals surface area (Å²) in [5.41, 5.74) is -0.879. The number of alkyl halides is 2. The summed E-state index contributed by atoms with van der Waals surface area (Å²) in [7, 11) is 0. The normalized spacial score (nSPS) is 22.9. The van der Waals surface area contributed by atoms with Crippen molar-refractivity contribution in [1.29, 1.82) is 0 Å². The molecule has 13 heteroatoms. The molecular formula is C29H29BrF3N3O6. The smallest absolute Gasteiger partial charge is 0.418 e. The first-order valence-corrected chi connectivity index (χ1v) is 14.1. The van der Waals surface area contributed by atoms with Gasteiger partial charge in [-0.05, 0) is 62.6 Å². The second-order valence-corrected chi connectivity index (χ2v) is 12.6. The Morgan fingerprint density at radius 3 is 2.50 bits per heavy atom. The Hall–Kier alpha value is -3.61. The lowest BCUT2D eigenvalue weighted by molar-refractivity contribution is -0.147. The maximum Gasteiger partial charge on any atom is 0.418 e. The molecule has 9 nitrogen and oxygen atoms in total. The van der Waals surface area contributed by atoms with Crippen molar-refractivity contribution in [3.63, 3.8) is 0 Å². The van der Waals surface area contributed by atoms with Crippen molar-refractivity contribution < 1.29 is 41.8 Å². The summed E-state index contributed by atoms with van der Waals surface area (Å²) in [6, 6.07) is 8.32. The fourth-order valence-electron chi connectivity index (χ4n) is 5.57. The average molecular weight is 652 g/mol. The SMILES string of the molecule is CC(C)(C)OC(=O)N1CC(N(Cc2ccc(F)cc2)C(=O)CN2C(=O)OC3(CCc4cc(Br)ccc43)C2=O)C(F)(F)C1. The second kappa shape index (κ2) is 10.6. The van der Waals surface area contributed by atoms with Crippen LogP contribution in [0.15, 0.2) is 46.9 Å². The van der Waals surface area contributed by atoms with E-state index in [0.717, 1.165) is 32.0 Å². The molecule has 42 heavy (non-hydrogen) atoms. The number of aryl methyl sites for hydroxylation is 1. The predicted octanol–water partition coefficient (Wildman–Crippen LogP) is 4.99. The number of hydrogen-bond acceptors (Lipinski definition) is 6. The van der Waals surface area contributed by atoms with E-state index in [1.54, 1.807) is 32.9 Å². The van der Waals surface area contributed by atoms with Crippen LogP contribution in [0.25, 0.3) is 0 Å². The van der Waals surface area contributed by atoms with E-state index in [2.05, 4.69) is 15.9 Å². The molecule has 2 saturated heterocycles. The highest BCUT2D eigenvalue weighted by molar-refractivity contribution is 9.10. The number of benzene rings is 2. The van der Waals surface area contributed by atoms with Crippen LogP contribution in [-0.4, -0.2) is 75.9 Å². The second-order valence-electron chi connectivity index (χ2n) is 11.7. The van der Waals surface area contributed by atoms with Crippen molar-refractivity contribution in [2.24, 2.45) is 0 Å². The largest absolute Gasteiger partial charge is 0.444 e. The van der Waals surface area contributed by atoms with E-state index in [1.165, 1.54) is 12.1 Å². The zero-order chi connectivity index (χ0) is 30.6. The van der Waals surface area contributed by atoms with Gasteiger partial charge in [0, 0.05) is 23.0 Å². The van der Waals surface area contributed by atoms with Gasteiger partial charge in [-0.1, -0.05) is 34.1 Å². The van der Waals surface area contributed by atoms with Crippen LogP contribution >= 0.6 is 15.9 Å². The maximum absolute atomic E-state index is 15.5. The van der Waals surface area contributed by atoms with Gasteiger partial charge in [0.25, 0.3) is 11.8 Å². The monoisotopic (exact) mass is 651 g/mol. The zero-order valence-corrected chi connectivity index (χ0v) is 24.8. The van der Waals surface area contributed by atoms with E-state index in [-0.39, 0.29) is 13.0 Å². The molecule has 1 aliphatic carbocycles. The van der Waals surface area contributed by atoms with Crippen molar-refractivity contribution in [1.82, 2.24) is 14.7 Å². The summed E-state index contributed by atoms with van der Waals surface area (Å²) in [5.74, 6) is -5.83. The first-order chi connectivity index (χ1) is 19.6.